The molecule has 2 aromatic rings. The maximum Gasteiger partial charge on any atom is 0.102 e. The van der Waals surface area contributed by atoms with Crippen molar-refractivity contribution >= 4 is 0 Å². The van der Waals surface area contributed by atoms with Crippen molar-refractivity contribution in [3.05, 3.63) is 71.8 Å². The van der Waals surface area contributed by atoms with Gasteiger partial charge in [0.25, 0.3) is 0 Å². The highest BCUT2D eigenvalue weighted by molar-refractivity contribution is 5.26. The van der Waals surface area contributed by atoms with Gasteiger partial charge < -0.3 is 10.1 Å². The fourth-order valence-electron chi connectivity index (χ4n) is 2.54. The molecule has 0 amide bonds. The predicted octanol–water partition coefficient (Wildman–Crippen LogP) is 4.51. The fraction of sp³-hybridized carbons (Fsp3) is 0.368. The highest BCUT2D eigenvalue weighted by Gasteiger charge is 2.23. The van der Waals surface area contributed by atoms with Crippen molar-refractivity contribution in [1.82, 2.24) is 5.32 Å². The smallest absolute Gasteiger partial charge is 0.102 e. The summed E-state index contributed by atoms with van der Waals surface area (Å²) < 4.78 is 6.21. The fourth-order valence-corrected chi connectivity index (χ4v) is 2.54. The topological polar surface area (TPSA) is 21.3 Å². The third-order valence-electron chi connectivity index (χ3n) is 3.70. The van der Waals surface area contributed by atoms with Crippen molar-refractivity contribution in [2.75, 3.05) is 13.7 Å². The lowest BCUT2D eigenvalue weighted by Gasteiger charge is -2.28. The van der Waals surface area contributed by atoms with Crippen LogP contribution in [0.15, 0.2) is 60.7 Å². The first kappa shape index (κ1) is 15.7. The van der Waals surface area contributed by atoms with Gasteiger partial charge in [-0.3, -0.25) is 0 Å². The van der Waals surface area contributed by atoms with E-state index in [1.165, 1.54) is 11.1 Å². The summed E-state index contributed by atoms with van der Waals surface area (Å²) in [7, 11) is 2.00. The van der Waals surface area contributed by atoms with E-state index < -0.39 is 0 Å². The first-order valence-corrected chi connectivity index (χ1v) is 7.75. The van der Waals surface area contributed by atoms with Crippen molar-refractivity contribution in [1.29, 1.82) is 0 Å². The van der Waals surface area contributed by atoms with E-state index in [9.17, 15) is 0 Å². The normalized spacial score (nSPS) is 13.8. The number of unbranched alkanes of at least 4 members (excludes halogenated alkanes) is 1. The molecule has 1 N–H and O–H groups in total. The SMILES string of the molecule is CCCCOC(c1ccccc1)C(NC)c1ccccc1. The molecule has 0 aliphatic rings. The molecule has 0 spiro atoms. The van der Waals surface area contributed by atoms with Crippen LogP contribution in [0.2, 0.25) is 0 Å². The van der Waals surface area contributed by atoms with Gasteiger partial charge in [-0.1, -0.05) is 74.0 Å². The molecule has 2 nitrogen and oxygen atoms in total. The molecule has 0 aromatic heterocycles. The molecular formula is C19H25NO. The summed E-state index contributed by atoms with van der Waals surface area (Å²) in [5.74, 6) is 0. The van der Waals surface area contributed by atoms with Gasteiger partial charge in [0.05, 0.1) is 6.04 Å². The lowest BCUT2D eigenvalue weighted by Crippen LogP contribution is -2.26. The Kier molecular flexibility index (Phi) is 6.45. The largest absolute Gasteiger partial charge is 0.372 e. The highest BCUT2D eigenvalue weighted by Crippen LogP contribution is 2.32. The lowest BCUT2D eigenvalue weighted by atomic mass is 9.95. The van der Waals surface area contributed by atoms with Crippen LogP contribution in [0.5, 0.6) is 0 Å². The number of hydrogen-bond donors (Lipinski definition) is 1. The van der Waals surface area contributed by atoms with Crippen LogP contribution in [-0.2, 0) is 4.74 Å². The van der Waals surface area contributed by atoms with Crippen LogP contribution in [0, 0.1) is 0 Å². The molecule has 0 saturated carbocycles. The Bertz CT molecular complexity index is 497. The third kappa shape index (κ3) is 4.42. The zero-order valence-electron chi connectivity index (χ0n) is 13.0. The highest BCUT2D eigenvalue weighted by atomic mass is 16.5. The second kappa shape index (κ2) is 8.60. The van der Waals surface area contributed by atoms with E-state index in [1.54, 1.807) is 0 Å². The maximum absolute atomic E-state index is 6.21. The van der Waals surface area contributed by atoms with Crippen LogP contribution in [-0.4, -0.2) is 13.7 Å². The molecule has 0 fully saturated rings. The molecule has 21 heavy (non-hydrogen) atoms. The van der Waals surface area contributed by atoms with E-state index >= 15 is 0 Å². The number of hydrogen-bond acceptors (Lipinski definition) is 2. The lowest BCUT2D eigenvalue weighted by molar-refractivity contribution is 0.0246. The summed E-state index contributed by atoms with van der Waals surface area (Å²) in [6.45, 7) is 2.98. The summed E-state index contributed by atoms with van der Waals surface area (Å²) in [6.07, 6.45) is 2.27. The monoisotopic (exact) mass is 283 g/mol. The third-order valence-corrected chi connectivity index (χ3v) is 3.70. The maximum atomic E-state index is 6.21. The van der Waals surface area contributed by atoms with E-state index in [0.29, 0.717) is 0 Å². The Morgan fingerprint density at radius 3 is 2.00 bits per heavy atom. The van der Waals surface area contributed by atoms with Gasteiger partial charge >= 0.3 is 0 Å². The molecular weight excluding hydrogens is 258 g/mol. The van der Waals surface area contributed by atoms with Crippen molar-refractivity contribution in [3.8, 4) is 0 Å². The van der Waals surface area contributed by atoms with Gasteiger partial charge in [0, 0.05) is 6.61 Å². The van der Waals surface area contributed by atoms with Gasteiger partial charge in [0.1, 0.15) is 6.10 Å². The zero-order chi connectivity index (χ0) is 14.9. The molecule has 0 saturated heterocycles. The minimum absolute atomic E-state index is 0.0325. The molecule has 0 aliphatic heterocycles. The van der Waals surface area contributed by atoms with Crippen LogP contribution in [0.3, 0.4) is 0 Å². The minimum atomic E-state index is 0.0325. The van der Waals surface area contributed by atoms with Crippen molar-refractivity contribution in [2.45, 2.75) is 31.9 Å². The van der Waals surface area contributed by atoms with Crippen molar-refractivity contribution in [2.24, 2.45) is 0 Å². The van der Waals surface area contributed by atoms with Crippen molar-refractivity contribution < 1.29 is 4.74 Å². The van der Waals surface area contributed by atoms with Gasteiger partial charge in [-0.25, -0.2) is 0 Å². The molecule has 2 heteroatoms. The average Bonchev–Trinajstić information content (AvgIpc) is 2.56. The number of likely N-dealkylation sites (N-methyl/N-ethyl adjacent to an activating group) is 1. The van der Waals surface area contributed by atoms with Gasteiger partial charge in [-0.05, 0) is 24.6 Å². The van der Waals surface area contributed by atoms with Crippen molar-refractivity contribution in [3.63, 3.8) is 0 Å². The standard InChI is InChI=1S/C19H25NO/c1-3-4-15-21-19(17-13-9-6-10-14-17)18(20-2)16-11-7-5-8-12-16/h5-14,18-20H,3-4,15H2,1-2H3. The Balaban J connectivity index is 2.24. The van der Waals surface area contributed by atoms with E-state index in [4.69, 9.17) is 4.74 Å². The summed E-state index contributed by atoms with van der Waals surface area (Å²) in [6, 6.07) is 21.1. The molecule has 2 unspecified atom stereocenters. The Morgan fingerprint density at radius 1 is 0.905 bits per heavy atom. The van der Waals surface area contributed by atoms with E-state index in [-0.39, 0.29) is 12.1 Å². The molecule has 0 heterocycles. The summed E-state index contributed by atoms with van der Waals surface area (Å²) >= 11 is 0. The Morgan fingerprint density at radius 2 is 1.48 bits per heavy atom. The molecule has 0 radical (unpaired) electrons. The number of rotatable bonds is 8. The van der Waals surface area contributed by atoms with Gasteiger partial charge in [0.15, 0.2) is 0 Å². The molecule has 2 aromatic carbocycles. The number of nitrogens with one attached hydrogen (secondary N) is 1. The van der Waals surface area contributed by atoms with Crippen LogP contribution >= 0.6 is 0 Å². The van der Waals surface area contributed by atoms with Gasteiger partial charge in [-0.15, -0.1) is 0 Å². The molecule has 0 aliphatic carbocycles. The second-order valence-electron chi connectivity index (χ2n) is 5.23. The Hall–Kier alpha value is -1.64. The number of benzene rings is 2. The van der Waals surface area contributed by atoms with E-state index in [0.717, 1.165) is 19.4 Å². The molecule has 0 bridgehead atoms. The van der Waals surface area contributed by atoms with Crippen LogP contribution in [0.25, 0.3) is 0 Å². The van der Waals surface area contributed by atoms with Crippen LogP contribution < -0.4 is 5.32 Å². The summed E-state index contributed by atoms with van der Waals surface area (Å²) in [4.78, 5) is 0. The Labute approximate surface area is 128 Å². The first-order chi connectivity index (χ1) is 10.4. The molecule has 112 valence electrons. The predicted molar refractivity (Wildman–Crippen MR) is 88.3 cm³/mol. The van der Waals surface area contributed by atoms with E-state index in [2.05, 4.69) is 60.8 Å². The zero-order valence-corrected chi connectivity index (χ0v) is 13.0. The molecule has 2 atom stereocenters. The van der Waals surface area contributed by atoms with Crippen LogP contribution in [0.4, 0.5) is 0 Å². The van der Waals surface area contributed by atoms with Gasteiger partial charge in [0.2, 0.25) is 0 Å². The quantitative estimate of drug-likeness (QED) is 0.720. The average molecular weight is 283 g/mol. The van der Waals surface area contributed by atoms with Gasteiger partial charge in [-0.2, -0.15) is 0 Å². The second-order valence-corrected chi connectivity index (χ2v) is 5.23. The van der Waals surface area contributed by atoms with E-state index in [1.807, 2.05) is 19.2 Å². The minimum Gasteiger partial charge on any atom is -0.372 e. The summed E-state index contributed by atoms with van der Waals surface area (Å²) in [5, 5.41) is 3.42. The first-order valence-electron chi connectivity index (χ1n) is 7.75. The summed E-state index contributed by atoms with van der Waals surface area (Å²) in [5.41, 5.74) is 2.47. The van der Waals surface area contributed by atoms with Crippen LogP contribution in [0.1, 0.15) is 43.0 Å². The number of ether oxygens (including phenoxy) is 1. The molecule has 2 rings (SSSR count).